The predicted molar refractivity (Wildman–Crippen MR) is 59.2 cm³/mol. The Balaban J connectivity index is 2.45. The van der Waals surface area contributed by atoms with Gasteiger partial charge in [0.25, 0.3) is 0 Å². The van der Waals surface area contributed by atoms with Crippen LogP contribution in [0.2, 0.25) is 0 Å². The molecule has 0 aliphatic carbocycles. The second-order valence-electron chi connectivity index (χ2n) is 3.31. The quantitative estimate of drug-likeness (QED) is 0.657. The molecule has 2 rings (SSSR count). The summed E-state index contributed by atoms with van der Waals surface area (Å²) in [5.74, 6) is 1.90. The molecule has 0 aliphatic heterocycles. The fourth-order valence-corrected chi connectivity index (χ4v) is 1.37. The maximum absolute atomic E-state index is 5.33. The van der Waals surface area contributed by atoms with E-state index >= 15 is 0 Å². The van der Waals surface area contributed by atoms with E-state index in [-0.39, 0.29) is 0 Å². The molecule has 0 aliphatic rings. The molecule has 0 amide bonds. The Morgan fingerprint density at radius 1 is 1.33 bits per heavy atom. The lowest BCUT2D eigenvalue weighted by molar-refractivity contribution is 0.418. The van der Waals surface area contributed by atoms with E-state index in [4.69, 9.17) is 9.15 Å². The van der Waals surface area contributed by atoms with Gasteiger partial charge in [-0.3, -0.25) is 0 Å². The van der Waals surface area contributed by atoms with Crippen LogP contribution >= 0.6 is 0 Å². The van der Waals surface area contributed by atoms with Crippen molar-refractivity contribution in [1.82, 2.24) is 10.2 Å². The fourth-order valence-electron chi connectivity index (χ4n) is 1.37. The Hall–Kier alpha value is -1.78. The van der Waals surface area contributed by atoms with Crippen LogP contribution in [0.4, 0.5) is 0 Å². The average molecular weight is 202 g/mol. The number of aryl methyl sites for hydroxylation is 1. The molecule has 76 valence electrons. The molecule has 0 saturated heterocycles. The Labute approximate surface area is 88.7 Å². The normalized spacial score (nSPS) is 10.3. The lowest BCUT2D eigenvalue weighted by atomic mass is 9.94. The third kappa shape index (κ3) is 1.86. The first-order chi connectivity index (χ1) is 7.20. The summed E-state index contributed by atoms with van der Waals surface area (Å²) in [6, 6.07) is 5.79. The van der Waals surface area contributed by atoms with Crippen molar-refractivity contribution < 1.29 is 9.15 Å². The van der Waals surface area contributed by atoms with Crippen LogP contribution in [0, 0.1) is 6.92 Å². The van der Waals surface area contributed by atoms with E-state index in [1.165, 1.54) is 0 Å². The van der Waals surface area contributed by atoms with Crippen molar-refractivity contribution in [2.45, 2.75) is 6.92 Å². The molecular formula is C10H11BN2O2. The first kappa shape index (κ1) is 9.77. The van der Waals surface area contributed by atoms with Gasteiger partial charge in [0.05, 0.1) is 7.11 Å². The van der Waals surface area contributed by atoms with Gasteiger partial charge >= 0.3 is 0 Å². The number of aromatic nitrogens is 2. The predicted octanol–water partition coefficient (Wildman–Crippen LogP) is 0.312. The number of hydrogen-bond donors (Lipinski definition) is 0. The Kier molecular flexibility index (Phi) is 2.45. The summed E-state index contributed by atoms with van der Waals surface area (Å²) in [5, 5.41) is 7.73. The summed E-state index contributed by atoms with van der Waals surface area (Å²) >= 11 is 0. The van der Waals surface area contributed by atoms with Gasteiger partial charge in [0.15, 0.2) is 0 Å². The molecule has 5 heteroatoms. The molecule has 1 heterocycles. The molecular weight excluding hydrogens is 191 g/mol. The maximum atomic E-state index is 5.33. The lowest BCUT2D eigenvalue weighted by Gasteiger charge is -2.04. The van der Waals surface area contributed by atoms with Gasteiger partial charge in [-0.15, -0.1) is 10.2 Å². The zero-order chi connectivity index (χ0) is 10.8. The summed E-state index contributed by atoms with van der Waals surface area (Å²) in [6.45, 7) is 1.77. The molecule has 0 fully saturated rings. The number of rotatable bonds is 2. The van der Waals surface area contributed by atoms with Gasteiger partial charge < -0.3 is 9.15 Å². The fraction of sp³-hybridized carbons (Fsp3) is 0.200. The number of benzene rings is 1. The molecule has 2 aromatic rings. The van der Waals surface area contributed by atoms with Crippen LogP contribution in [-0.2, 0) is 0 Å². The van der Waals surface area contributed by atoms with Gasteiger partial charge in [-0.1, -0.05) is 6.07 Å². The number of nitrogens with zero attached hydrogens (tertiary/aromatic N) is 2. The summed E-state index contributed by atoms with van der Waals surface area (Å²) in [5.41, 5.74) is 1.95. The Morgan fingerprint density at radius 3 is 2.73 bits per heavy atom. The first-order valence-electron chi connectivity index (χ1n) is 4.66. The number of hydrogen-bond acceptors (Lipinski definition) is 4. The molecule has 15 heavy (non-hydrogen) atoms. The zero-order valence-corrected chi connectivity index (χ0v) is 8.94. The minimum atomic E-state index is 0.519. The highest BCUT2D eigenvalue weighted by Crippen LogP contribution is 2.20. The van der Waals surface area contributed by atoms with E-state index in [0.29, 0.717) is 11.8 Å². The summed E-state index contributed by atoms with van der Waals surface area (Å²) < 4.78 is 10.6. The molecule has 1 aromatic carbocycles. The molecule has 0 spiro atoms. The smallest absolute Gasteiger partial charge is 0.247 e. The van der Waals surface area contributed by atoms with Crippen molar-refractivity contribution in [3.63, 3.8) is 0 Å². The number of ether oxygens (including phenoxy) is 1. The highest BCUT2D eigenvalue weighted by atomic mass is 16.5. The van der Waals surface area contributed by atoms with Crippen LogP contribution in [0.15, 0.2) is 22.6 Å². The third-order valence-electron chi connectivity index (χ3n) is 2.18. The minimum absolute atomic E-state index is 0.519. The summed E-state index contributed by atoms with van der Waals surface area (Å²) in [7, 11) is 3.63. The van der Waals surface area contributed by atoms with Crippen LogP contribution in [0.25, 0.3) is 11.5 Å². The molecule has 0 N–H and O–H groups in total. The second kappa shape index (κ2) is 3.77. The molecule has 1 aromatic heterocycles. The largest absolute Gasteiger partial charge is 0.497 e. The molecule has 0 saturated carbocycles. The van der Waals surface area contributed by atoms with Gasteiger partial charge in [0.1, 0.15) is 13.6 Å². The standard InChI is InChI=1S/C10H11BN2O2/c1-6-12-13-10(15-6)7-3-4-8(11)9(5-7)14-2/h3-5H,11H2,1-2H3. The summed E-state index contributed by atoms with van der Waals surface area (Å²) in [6.07, 6.45) is 0. The monoisotopic (exact) mass is 202 g/mol. The Bertz CT molecular complexity index is 482. The van der Waals surface area contributed by atoms with Crippen molar-refractivity contribution in [3.05, 3.63) is 24.1 Å². The van der Waals surface area contributed by atoms with Crippen molar-refractivity contribution in [1.29, 1.82) is 0 Å². The van der Waals surface area contributed by atoms with Gasteiger partial charge in [0, 0.05) is 12.5 Å². The molecule has 4 nitrogen and oxygen atoms in total. The highest BCUT2D eigenvalue weighted by molar-refractivity contribution is 6.34. The van der Waals surface area contributed by atoms with Crippen molar-refractivity contribution in [3.8, 4) is 17.2 Å². The first-order valence-corrected chi connectivity index (χ1v) is 4.66. The SMILES string of the molecule is Bc1ccc(-c2nnc(C)o2)cc1OC. The summed E-state index contributed by atoms with van der Waals surface area (Å²) in [4.78, 5) is 0. The Morgan fingerprint density at radius 2 is 2.13 bits per heavy atom. The number of methoxy groups -OCH3 is 1. The van der Waals surface area contributed by atoms with E-state index in [9.17, 15) is 0 Å². The van der Waals surface area contributed by atoms with E-state index in [1.54, 1.807) is 14.0 Å². The van der Waals surface area contributed by atoms with Crippen LogP contribution < -0.4 is 10.2 Å². The van der Waals surface area contributed by atoms with Crippen LogP contribution in [-0.4, -0.2) is 25.2 Å². The average Bonchev–Trinajstić information content (AvgIpc) is 2.66. The molecule has 0 atom stereocenters. The van der Waals surface area contributed by atoms with E-state index < -0.39 is 0 Å². The van der Waals surface area contributed by atoms with Crippen LogP contribution in [0.3, 0.4) is 0 Å². The van der Waals surface area contributed by atoms with Gasteiger partial charge in [-0.05, 0) is 17.6 Å². The third-order valence-corrected chi connectivity index (χ3v) is 2.18. The highest BCUT2D eigenvalue weighted by Gasteiger charge is 2.07. The van der Waals surface area contributed by atoms with Crippen LogP contribution in [0.5, 0.6) is 5.75 Å². The maximum Gasteiger partial charge on any atom is 0.247 e. The van der Waals surface area contributed by atoms with E-state index in [1.807, 2.05) is 26.0 Å². The van der Waals surface area contributed by atoms with Crippen molar-refractivity contribution >= 4 is 13.3 Å². The van der Waals surface area contributed by atoms with Gasteiger partial charge in [-0.2, -0.15) is 0 Å². The molecule has 0 radical (unpaired) electrons. The van der Waals surface area contributed by atoms with Gasteiger partial charge in [-0.25, -0.2) is 0 Å². The van der Waals surface area contributed by atoms with Gasteiger partial charge in [0.2, 0.25) is 11.8 Å². The van der Waals surface area contributed by atoms with E-state index in [2.05, 4.69) is 10.2 Å². The van der Waals surface area contributed by atoms with Crippen molar-refractivity contribution in [2.75, 3.05) is 7.11 Å². The van der Waals surface area contributed by atoms with Crippen LogP contribution in [0.1, 0.15) is 5.89 Å². The zero-order valence-electron chi connectivity index (χ0n) is 8.94. The molecule has 0 bridgehead atoms. The molecule has 0 unspecified atom stereocenters. The minimum Gasteiger partial charge on any atom is -0.497 e. The second-order valence-corrected chi connectivity index (χ2v) is 3.31. The van der Waals surface area contributed by atoms with Crippen molar-refractivity contribution in [2.24, 2.45) is 0 Å². The topological polar surface area (TPSA) is 48.2 Å². The lowest BCUT2D eigenvalue weighted by Crippen LogP contribution is -2.06. The van der Waals surface area contributed by atoms with E-state index in [0.717, 1.165) is 16.8 Å².